The van der Waals surface area contributed by atoms with Gasteiger partial charge in [-0.1, -0.05) is 106 Å². The Labute approximate surface area is 254 Å². The molecule has 0 amide bonds. The van der Waals surface area contributed by atoms with Gasteiger partial charge >= 0.3 is 0 Å². The third kappa shape index (κ3) is 9.34. The third-order valence-corrected chi connectivity index (χ3v) is 8.60. The molecule has 206 valence electrons. The molecule has 0 unspecified atom stereocenters. The van der Waals surface area contributed by atoms with Crippen LogP contribution in [-0.4, -0.2) is 34.0 Å². The molecule has 40 heavy (non-hydrogen) atoms. The predicted octanol–water partition coefficient (Wildman–Crippen LogP) is 9.01. The van der Waals surface area contributed by atoms with Gasteiger partial charge in [0, 0.05) is 20.9 Å². The van der Waals surface area contributed by atoms with Gasteiger partial charge in [0.2, 0.25) is 0 Å². The van der Waals surface area contributed by atoms with Crippen LogP contribution in [0.1, 0.15) is 49.1 Å². The maximum atomic E-state index is 12.4. The summed E-state index contributed by atoms with van der Waals surface area (Å²) in [5.41, 5.74) is 5.36. The van der Waals surface area contributed by atoms with E-state index in [0.29, 0.717) is 5.56 Å². The molecule has 0 spiro atoms. The highest BCUT2D eigenvalue weighted by molar-refractivity contribution is 9.10. The second-order valence-corrected chi connectivity index (χ2v) is 11.9. The van der Waals surface area contributed by atoms with Gasteiger partial charge in [0.15, 0.2) is 11.6 Å². The SMILES string of the molecule is CSc1ccc(/C=C/C(=O)c2ccc(C)cc2)cc1.CSc1ccc([C@@H](O)[C@@H](Br)C(=O)c2ccc(C)cc2)cc1. The van der Waals surface area contributed by atoms with Gasteiger partial charge in [-0.15, -0.1) is 23.5 Å². The molecule has 4 aromatic carbocycles. The molecule has 0 aliphatic carbocycles. The average molecular weight is 634 g/mol. The van der Waals surface area contributed by atoms with E-state index in [1.807, 2.05) is 105 Å². The van der Waals surface area contributed by atoms with E-state index in [2.05, 4.69) is 28.1 Å². The first kappa shape index (κ1) is 31.6. The van der Waals surface area contributed by atoms with Crippen LogP contribution in [-0.2, 0) is 0 Å². The number of allylic oxidation sites excluding steroid dienone is 1. The summed E-state index contributed by atoms with van der Waals surface area (Å²) in [6.45, 7) is 3.99. The maximum Gasteiger partial charge on any atom is 0.185 e. The predicted molar refractivity (Wildman–Crippen MR) is 174 cm³/mol. The lowest BCUT2D eigenvalue weighted by atomic mass is 9.99. The lowest BCUT2D eigenvalue weighted by Crippen LogP contribution is -2.22. The smallest absolute Gasteiger partial charge is 0.185 e. The van der Waals surface area contributed by atoms with Crippen LogP contribution < -0.4 is 0 Å². The number of carbonyl (C=O) groups excluding carboxylic acids is 2. The van der Waals surface area contributed by atoms with Gasteiger partial charge in [-0.25, -0.2) is 0 Å². The Morgan fingerprint density at radius 2 is 1.15 bits per heavy atom. The molecule has 0 heterocycles. The van der Waals surface area contributed by atoms with Crippen LogP contribution >= 0.6 is 39.5 Å². The van der Waals surface area contributed by atoms with E-state index in [0.717, 1.165) is 32.7 Å². The van der Waals surface area contributed by atoms with Crippen molar-refractivity contribution in [2.75, 3.05) is 12.5 Å². The zero-order valence-corrected chi connectivity index (χ0v) is 26.2. The number of alkyl halides is 1. The number of aliphatic hydroxyl groups excluding tert-OH is 1. The summed E-state index contributed by atoms with van der Waals surface area (Å²) >= 11 is 6.68. The van der Waals surface area contributed by atoms with Crippen molar-refractivity contribution >= 4 is 57.1 Å². The normalized spacial score (nSPS) is 12.3. The standard InChI is InChI=1S/C17H17BrO2S.C17H16OS/c1-11-3-5-12(6-4-11)16(19)15(18)17(20)13-7-9-14(21-2)10-8-13;1-13-3-8-15(9-4-13)17(18)12-7-14-5-10-16(19-2)11-6-14/h3-10,15,17,20H,1-2H3;3-12H,1-2H3/b;12-7+/t15-,17+;/m0./s1. The van der Waals surface area contributed by atoms with Gasteiger partial charge in [0.1, 0.15) is 4.83 Å². The van der Waals surface area contributed by atoms with Crippen molar-refractivity contribution in [1.29, 1.82) is 0 Å². The number of aliphatic hydroxyl groups is 1. The van der Waals surface area contributed by atoms with Crippen molar-refractivity contribution in [3.63, 3.8) is 0 Å². The Balaban J connectivity index is 0.000000222. The second kappa shape index (κ2) is 15.8. The number of benzene rings is 4. The van der Waals surface area contributed by atoms with Crippen LogP contribution in [0.2, 0.25) is 0 Å². The highest BCUT2D eigenvalue weighted by Crippen LogP contribution is 2.27. The number of halogens is 1. The monoisotopic (exact) mass is 632 g/mol. The van der Waals surface area contributed by atoms with Gasteiger partial charge in [-0.3, -0.25) is 9.59 Å². The molecule has 0 aromatic heterocycles. The molecule has 0 saturated heterocycles. The minimum absolute atomic E-state index is 0.0361. The summed E-state index contributed by atoms with van der Waals surface area (Å²) in [6.07, 6.45) is 6.66. The fourth-order valence-corrected chi connectivity index (χ4v) is 5.08. The number of hydrogen-bond donors (Lipinski definition) is 1. The number of ketones is 2. The Bertz CT molecular complexity index is 1410. The van der Waals surface area contributed by atoms with Crippen molar-refractivity contribution in [1.82, 2.24) is 0 Å². The van der Waals surface area contributed by atoms with Crippen LogP contribution in [0, 0.1) is 13.8 Å². The summed E-state index contributed by atoms with van der Waals surface area (Å²) in [7, 11) is 0. The molecule has 4 aromatic rings. The lowest BCUT2D eigenvalue weighted by molar-refractivity contribution is 0.0902. The van der Waals surface area contributed by atoms with Crippen molar-refractivity contribution in [2.24, 2.45) is 0 Å². The van der Waals surface area contributed by atoms with Gasteiger partial charge < -0.3 is 5.11 Å². The molecule has 4 rings (SSSR count). The van der Waals surface area contributed by atoms with E-state index >= 15 is 0 Å². The van der Waals surface area contributed by atoms with Crippen LogP contribution in [0.5, 0.6) is 0 Å². The molecule has 0 bridgehead atoms. The molecule has 6 heteroatoms. The lowest BCUT2D eigenvalue weighted by Gasteiger charge is -2.17. The van der Waals surface area contributed by atoms with Crippen LogP contribution in [0.3, 0.4) is 0 Å². The van der Waals surface area contributed by atoms with Crippen LogP contribution in [0.4, 0.5) is 0 Å². The first-order valence-electron chi connectivity index (χ1n) is 12.7. The van der Waals surface area contributed by atoms with Gasteiger partial charge in [0.05, 0.1) is 6.10 Å². The molecule has 0 saturated carbocycles. The summed E-state index contributed by atoms with van der Waals surface area (Å²) in [5, 5.41) is 10.4. The molecule has 0 fully saturated rings. The average Bonchev–Trinajstić information content (AvgIpc) is 3.00. The first-order valence-corrected chi connectivity index (χ1v) is 16.1. The maximum absolute atomic E-state index is 12.4. The zero-order chi connectivity index (χ0) is 29.1. The quantitative estimate of drug-likeness (QED) is 0.0863. The van der Waals surface area contributed by atoms with Crippen LogP contribution in [0.25, 0.3) is 6.08 Å². The summed E-state index contributed by atoms with van der Waals surface area (Å²) in [4.78, 5) is 26.0. The van der Waals surface area contributed by atoms with Crippen LogP contribution in [0.15, 0.2) is 113 Å². The van der Waals surface area contributed by atoms with E-state index < -0.39 is 10.9 Å². The minimum Gasteiger partial charge on any atom is -0.387 e. The number of carbonyl (C=O) groups is 2. The minimum atomic E-state index is -0.866. The highest BCUT2D eigenvalue weighted by atomic mass is 79.9. The fraction of sp³-hybridized carbons (Fsp3) is 0.176. The molecule has 3 nitrogen and oxygen atoms in total. The number of Topliss-reactive ketones (excluding diaryl/α,β-unsaturated/α-hetero) is 1. The van der Waals surface area contributed by atoms with E-state index in [1.54, 1.807) is 41.7 Å². The Kier molecular flexibility index (Phi) is 12.5. The molecular weight excluding hydrogens is 600 g/mol. The van der Waals surface area contributed by atoms with Crippen molar-refractivity contribution in [3.8, 4) is 0 Å². The van der Waals surface area contributed by atoms with E-state index in [4.69, 9.17) is 0 Å². The van der Waals surface area contributed by atoms with E-state index in [9.17, 15) is 14.7 Å². The molecular formula is C34H33BrO3S2. The van der Waals surface area contributed by atoms with Gasteiger partial charge in [0.25, 0.3) is 0 Å². The summed E-state index contributed by atoms with van der Waals surface area (Å²) in [6, 6.07) is 30.7. The van der Waals surface area contributed by atoms with Gasteiger partial charge in [-0.05, 0) is 67.8 Å². The molecule has 0 aliphatic heterocycles. The third-order valence-electron chi connectivity index (χ3n) is 6.20. The summed E-state index contributed by atoms with van der Waals surface area (Å²) < 4.78 is 0. The molecule has 1 N–H and O–H groups in total. The topological polar surface area (TPSA) is 54.4 Å². The van der Waals surface area contributed by atoms with Crippen molar-refractivity contribution < 1.29 is 14.7 Å². The largest absolute Gasteiger partial charge is 0.387 e. The number of hydrogen-bond acceptors (Lipinski definition) is 5. The van der Waals surface area contributed by atoms with Crippen molar-refractivity contribution in [3.05, 3.63) is 137 Å². The summed E-state index contributed by atoms with van der Waals surface area (Å²) in [5.74, 6) is -0.0783. The fourth-order valence-electron chi connectivity index (χ4n) is 3.69. The molecule has 0 radical (unpaired) electrons. The second-order valence-electron chi connectivity index (χ2n) is 9.19. The van der Waals surface area contributed by atoms with E-state index in [1.165, 1.54) is 4.90 Å². The number of thioether (sulfide) groups is 2. The van der Waals surface area contributed by atoms with Crippen molar-refractivity contribution in [2.45, 2.75) is 34.6 Å². The zero-order valence-electron chi connectivity index (χ0n) is 23.0. The number of aryl methyl sites for hydroxylation is 2. The molecule has 2 atom stereocenters. The Morgan fingerprint density at radius 3 is 1.62 bits per heavy atom. The van der Waals surface area contributed by atoms with E-state index in [-0.39, 0.29) is 11.6 Å². The Morgan fingerprint density at radius 1 is 0.700 bits per heavy atom. The molecule has 0 aliphatic rings. The number of rotatable bonds is 9. The Hall–Kier alpha value is -2.90. The van der Waals surface area contributed by atoms with Gasteiger partial charge in [-0.2, -0.15) is 0 Å². The first-order chi connectivity index (χ1) is 19.2. The highest BCUT2D eigenvalue weighted by Gasteiger charge is 2.26.